The first kappa shape index (κ1) is 18.9. The summed E-state index contributed by atoms with van der Waals surface area (Å²) in [5.41, 5.74) is 1.32. The molecule has 0 aliphatic heterocycles. The first-order valence-corrected chi connectivity index (χ1v) is 11.1. The maximum atomic E-state index is 12.5. The van der Waals surface area contributed by atoms with Crippen molar-refractivity contribution in [2.45, 2.75) is 37.3 Å². The number of sulfonamides is 1. The number of carbonyl (C=O) groups is 1. The van der Waals surface area contributed by atoms with E-state index in [1.165, 1.54) is 29.7 Å². The van der Waals surface area contributed by atoms with Crippen molar-refractivity contribution in [1.29, 1.82) is 0 Å². The first-order chi connectivity index (χ1) is 13.4. The summed E-state index contributed by atoms with van der Waals surface area (Å²) in [4.78, 5) is 17.7. The normalized spacial score (nSPS) is 14.2. The molecule has 1 aliphatic carbocycles. The third-order valence-corrected chi connectivity index (χ3v) is 6.65. The number of thiophene rings is 1. The molecule has 1 aliphatic rings. The number of ether oxygens (including phenoxy) is 1. The zero-order valence-corrected chi connectivity index (χ0v) is 16.7. The van der Waals surface area contributed by atoms with Gasteiger partial charge in [-0.3, -0.25) is 0 Å². The molecule has 0 saturated heterocycles. The van der Waals surface area contributed by atoms with Gasteiger partial charge in [0, 0.05) is 6.04 Å². The van der Waals surface area contributed by atoms with Crippen LogP contribution in [0, 0.1) is 6.92 Å². The van der Waals surface area contributed by atoms with Crippen LogP contribution in [-0.2, 0) is 21.4 Å². The van der Waals surface area contributed by atoms with Crippen LogP contribution in [0.5, 0.6) is 0 Å². The molecular weight excluding hydrogens is 400 g/mol. The van der Waals surface area contributed by atoms with Gasteiger partial charge in [-0.15, -0.1) is 11.3 Å². The van der Waals surface area contributed by atoms with Crippen LogP contribution in [-0.4, -0.2) is 25.4 Å². The molecule has 1 saturated carbocycles. The van der Waals surface area contributed by atoms with Crippen LogP contribution in [0.1, 0.15) is 34.5 Å². The zero-order chi connectivity index (χ0) is 19.7. The number of rotatable bonds is 7. The lowest BCUT2D eigenvalue weighted by Crippen LogP contribution is -2.26. The van der Waals surface area contributed by atoms with E-state index in [-0.39, 0.29) is 23.1 Å². The Hall–Kier alpha value is -2.49. The zero-order valence-electron chi connectivity index (χ0n) is 15.0. The summed E-state index contributed by atoms with van der Waals surface area (Å²) in [5.74, 6) is -0.141. The molecule has 9 heteroatoms. The molecule has 2 aromatic heterocycles. The van der Waals surface area contributed by atoms with Gasteiger partial charge in [-0.1, -0.05) is 12.1 Å². The Kier molecular flexibility index (Phi) is 5.05. The number of nitrogens with one attached hydrogen (secondary N) is 1. The summed E-state index contributed by atoms with van der Waals surface area (Å²) in [6.45, 7) is 1.66. The monoisotopic (exact) mass is 418 g/mol. The first-order valence-electron chi connectivity index (χ1n) is 8.71. The van der Waals surface area contributed by atoms with Gasteiger partial charge >= 0.3 is 5.97 Å². The van der Waals surface area contributed by atoms with E-state index in [0.29, 0.717) is 17.1 Å². The number of esters is 1. The fourth-order valence-electron chi connectivity index (χ4n) is 2.58. The van der Waals surface area contributed by atoms with Crippen LogP contribution >= 0.6 is 11.3 Å². The predicted molar refractivity (Wildman–Crippen MR) is 103 cm³/mol. The van der Waals surface area contributed by atoms with Crippen LogP contribution in [0.2, 0.25) is 0 Å². The maximum absolute atomic E-state index is 12.5. The molecule has 0 spiro atoms. The quantitative estimate of drug-likeness (QED) is 0.590. The largest absolute Gasteiger partial charge is 0.455 e. The summed E-state index contributed by atoms with van der Waals surface area (Å²) in [7, 11) is -3.64. The Morgan fingerprint density at radius 2 is 2.18 bits per heavy atom. The van der Waals surface area contributed by atoms with E-state index in [9.17, 15) is 13.2 Å². The molecule has 0 atom stereocenters. The fraction of sp³-hybridized carbons (Fsp3) is 0.263. The summed E-state index contributed by atoms with van der Waals surface area (Å²) in [6, 6.07) is 8.21. The van der Waals surface area contributed by atoms with E-state index in [2.05, 4.69) is 9.71 Å². The van der Waals surface area contributed by atoms with Gasteiger partial charge in [0.15, 0.2) is 0 Å². The highest BCUT2D eigenvalue weighted by atomic mass is 32.2. The summed E-state index contributed by atoms with van der Waals surface area (Å²) >= 11 is 1.50. The van der Waals surface area contributed by atoms with Gasteiger partial charge in [-0.2, -0.15) is 0 Å². The van der Waals surface area contributed by atoms with Crippen LogP contribution < -0.4 is 4.72 Å². The minimum Gasteiger partial charge on any atom is -0.455 e. The Morgan fingerprint density at radius 1 is 1.36 bits per heavy atom. The average Bonchev–Trinajstić information content (AvgIpc) is 3.14. The number of nitrogens with zero attached hydrogens (tertiary/aromatic N) is 1. The summed E-state index contributed by atoms with van der Waals surface area (Å²) in [6.07, 6.45) is 3.12. The number of aromatic nitrogens is 1. The molecule has 0 amide bonds. The molecule has 4 rings (SSSR count). The third kappa shape index (κ3) is 4.16. The van der Waals surface area contributed by atoms with E-state index in [1.54, 1.807) is 13.0 Å². The summed E-state index contributed by atoms with van der Waals surface area (Å²) < 4.78 is 38.1. The van der Waals surface area contributed by atoms with Crippen molar-refractivity contribution in [3.8, 4) is 10.8 Å². The highest BCUT2D eigenvalue weighted by molar-refractivity contribution is 7.89. The van der Waals surface area contributed by atoms with Gasteiger partial charge < -0.3 is 9.15 Å². The number of hydrogen-bond acceptors (Lipinski definition) is 7. The van der Waals surface area contributed by atoms with Crippen LogP contribution in [0.25, 0.3) is 10.8 Å². The van der Waals surface area contributed by atoms with Crippen molar-refractivity contribution < 1.29 is 22.4 Å². The predicted octanol–water partition coefficient (Wildman–Crippen LogP) is 3.51. The maximum Gasteiger partial charge on any atom is 0.338 e. The van der Waals surface area contributed by atoms with Gasteiger partial charge in [0.05, 0.1) is 15.3 Å². The molecule has 28 heavy (non-hydrogen) atoms. The highest BCUT2D eigenvalue weighted by Gasteiger charge is 2.28. The molecule has 2 heterocycles. The second kappa shape index (κ2) is 7.50. The minimum absolute atomic E-state index is 0.00795. The van der Waals surface area contributed by atoms with Crippen molar-refractivity contribution in [3.63, 3.8) is 0 Å². The van der Waals surface area contributed by atoms with Gasteiger partial charge in [0.25, 0.3) is 0 Å². The molecule has 0 unspecified atom stereocenters. The minimum atomic E-state index is -3.64. The Balaban J connectivity index is 1.46. The molecule has 3 aromatic rings. The summed E-state index contributed by atoms with van der Waals surface area (Å²) in [5, 5.41) is 1.92. The molecule has 0 radical (unpaired) electrons. The molecule has 1 aromatic carbocycles. The SMILES string of the molecule is Cc1ccc(S(=O)(=O)NC2CC2)cc1C(=O)OCc1coc(-c2cccs2)n1. The van der Waals surface area contributed by atoms with E-state index < -0.39 is 16.0 Å². The standard InChI is InChI=1S/C19H18N2O5S2/c1-12-4-7-15(28(23,24)21-13-5-6-13)9-16(12)19(22)26-11-14-10-25-18(20-14)17-3-2-8-27-17/h2-4,7-10,13,21H,5-6,11H2,1H3. The highest BCUT2D eigenvalue weighted by Crippen LogP contribution is 2.25. The average molecular weight is 418 g/mol. The van der Waals surface area contributed by atoms with Gasteiger partial charge in [0.1, 0.15) is 18.6 Å². The van der Waals surface area contributed by atoms with Crippen molar-refractivity contribution >= 4 is 27.3 Å². The third-order valence-electron chi connectivity index (χ3n) is 4.27. The molecular formula is C19H18N2O5S2. The Bertz CT molecular complexity index is 1100. The van der Waals surface area contributed by atoms with E-state index in [1.807, 2.05) is 17.5 Å². The second-order valence-electron chi connectivity index (χ2n) is 6.57. The smallest absolute Gasteiger partial charge is 0.338 e. The fourth-order valence-corrected chi connectivity index (χ4v) is 4.57. The molecule has 7 nitrogen and oxygen atoms in total. The Labute approximate surface area is 166 Å². The van der Waals surface area contributed by atoms with Gasteiger partial charge in [-0.05, 0) is 48.9 Å². The lowest BCUT2D eigenvalue weighted by molar-refractivity contribution is 0.0466. The molecule has 146 valence electrons. The number of carbonyl (C=O) groups excluding carboxylic acids is 1. The number of oxazole rings is 1. The lowest BCUT2D eigenvalue weighted by atomic mass is 10.1. The van der Waals surface area contributed by atoms with E-state index in [4.69, 9.17) is 9.15 Å². The van der Waals surface area contributed by atoms with Crippen molar-refractivity contribution in [1.82, 2.24) is 9.71 Å². The van der Waals surface area contributed by atoms with Gasteiger partial charge in [-0.25, -0.2) is 22.9 Å². The van der Waals surface area contributed by atoms with Crippen molar-refractivity contribution in [2.24, 2.45) is 0 Å². The number of hydrogen-bond donors (Lipinski definition) is 1. The van der Waals surface area contributed by atoms with Gasteiger partial charge in [0.2, 0.25) is 15.9 Å². The molecule has 1 N–H and O–H groups in total. The van der Waals surface area contributed by atoms with Crippen LogP contribution in [0.4, 0.5) is 0 Å². The topological polar surface area (TPSA) is 98.5 Å². The Morgan fingerprint density at radius 3 is 2.89 bits per heavy atom. The molecule has 0 bridgehead atoms. The van der Waals surface area contributed by atoms with Crippen LogP contribution in [0.3, 0.4) is 0 Å². The van der Waals surface area contributed by atoms with E-state index in [0.717, 1.165) is 17.7 Å². The number of aryl methyl sites for hydroxylation is 1. The van der Waals surface area contributed by atoms with E-state index >= 15 is 0 Å². The molecule has 1 fully saturated rings. The lowest BCUT2D eigenvalue weighted by Gasteiger charge is -2.10. The van der Waals surface area contributed by atoms with Crippen molar-refractivity contribution in [3.05, 3.63) is 58.8 Å². The van der Waals surface area contributed by atoms with Crippen molar-refractivity contribution in [2.75, 3.05) is 0 Å². The number of benzene rings is 1. The second-order valence-corrected chi connectivity index (χ2v) is 9.23. The van der Waals surface area contributed by atoms with Crippen LogP contribution in [0.15, 0.2) is 51.3 Å².